The second-order valence-electron chi connectivity index (χ2n) is 28.4. The van der Waals surface area contributed by atoms with E-state index in [9.17, 15) is 54.6 Å². The number of alkyl carbamates (subject to hydrolysis) is 2. The number of fused-ring (bicyclic) bond motifs is 8. The second kappa shape index (κ2) is 42.5. The van der Waals surface area contributed by atoms with E-state index >= 15 is 0 Å². The molecule has 3 aromatic carbocycles. The summed E-state index contributed by atoms with van der Waals surface area (Å²) in [5.74, 6) is -3.39. The normalized spacial score (nSPS) is 20.3. The molecule has 1 saturated heterocycles. The molecule has 4 aromatic rings. The average molecular weight is 1590 g/mol. The number of nitrogens with zero attached hydrogens (tertiary/aromatic N) is 4. The molecule has 620 valence electrons. The molecule has 7 atom stereocenters. The first-order valence-corrected chi connectivity index (χ1v) is 39.2. The summed E-state index contributed by atoms with van der Waals surface area (Å²) in [5.41, 5.74) is 7.33. The van der Waals surface area contributed by atoms with E-state index in [-0.39, 0.29) is 86.7 Å². The maximum Gasteiger partial charge on any atom is 0.407 e. The minimum Gasteiger partial charge on any atom is -0.507 e. The number of Topliss-reactive ketones (excluding diaryl/α,β-unsaturated/α-hetero) is 1. The number of aromatic amines is 1. The van der Waals surface area contributed by atoms with Crippen molar-refractivity contribution in [2.24, 2.45) is 20.0 Å². The number of aromatic hydroxyl groups is 2. The number of rotatable bonds is 42. The number of benzene rings is 3. The van der Waals surface area contributed by atoms with Gasteiger partial charge in [0.15, 0.2) is 29.4 Å². The lowest BCUT2D eigenvalue weighted by atomic mass is 9.72. The third-order valence-corrected chi connectivity index (χ3v) is 21.0. The molecule has 0 saturated carbocycles. The Morgan fingerprint density at radius 2 is 1.31 bits per heavy atom. The molecule has 2 amide bonds. The van der Waals surface area contributed by atoms with Crippen LogP contribution in [0.4, 0.5) is 21.0 Å². The van der Waals surface area contributed by atoms with Crippen molar-refractivity contribution in [1.82, 2.24) is 15.6 Å². The number of allylic oxidation sites excluding steroid dienone is 3. The maximum absolute atomic E-state index is 14.2. The van der Waals surface area contributed by atoms with E-state index in [1.54, 1.807) is 38.8 Å². The van der Waals surface area contributed by atoms with Gasteiger partial charge in [-0.2, -0.15) is 0 Å². The highest BCUT2D eigenvalue weighted by atomic mass is 16.7. The summed E-state index contributed by atoms with van der Waals surface area (Å²) in [6.07, 6.45) is 4.35. The number of ether oxygens (including phenoxy) is 13. The minimum atomic E-state index is -2.39. The summed E-state index contributed by atoms with van der Waals surface area (Å²) >= 11 is 0. The summed E-state index contributed by atoms with van der Waals surface area (Å²) in [6, 6.07) is 6.64. The predicted molar refractivity (Wildman–Crippen MR) is 421 cm³/mol. The number of aliphatic hydroxyl groups excluding tert-OH is 3. The van der Waals surface area contributed by atoms with Crippen LogP contribution in [-0.2, 0) is 77.8 Å². The lowest BCUT2D eigenvalue weighted by molar-refractivity contribution is -0.249. The summed E-state index contributed by atoms with van der Waals surface area (Å²) in [5, 5.41) is 72.2. The highest BCUT2D eigenvalue weighted by molar-refractivity contribution is 6.41. The van der Waals surface area contributed by atoms with Gasteiger partial charge in [-0.1, -0.05) is 26.0 Å². The van der Waals surface area contributed by atoms with Gasteiger partial charge in [-0.25, -0.2) is 14.6 Å². The Morgan fingerprint density at radius 1 is 0.693 bits per heavy atom. The van der Waals surface area contributed by atoms with Crippen LogP contribution in [0.2, 0.25) is 0 Å². The molecular weight excluding hydrogens is 1480 g/mol. The molecule has 9 N–H and O–H groups in total. The largest absolute Gasteiger partial charge is 0.507 e. The fourth-order valence-electron chi connectivity index (χ4n) is 15.0. The maximum atomic E-state index is 14.2. The molecule has 114 heavy (non-hydrogen) atoms. The number of nitrogens with one attached hydrogen (secondary N) is 3. The van der Waals surface area contributed by atoms with Crippen LogP contribution < -0.4 is 24.8 Å². The van der Waals surface area contributed by atoms with E-state index in [2.05, 4.69) is 42.5 Å². The fourth-order valence-corrected chi connectivity index (χ4v) is 15.0. The summed E-state index contributed by atoms with van der Waals surface area (Å²) < 4.78 is 74.5. The zero-order chi connectivity index (χ0) is 81.4. The molecule has 6 aliphatic rings. The average Bonchev–Trinajstić information content (AvgIpc) is 0.831. The summed E-state index contributed by atoms with van der Waals surface area (Å²) in [7, 11) is 4.54. The number of carbonyl (C=O) groups is 5. The smallest absolute Gasteiger partial charge is 0.407 e. The van der Waals surface area contributed by atoms with Gasteiger partial charge in [0.2, 0.25) is 5.78 Å². The van der Waals surface area contributed by atoms with Crippen LogP contribution in [0, 0.1) is 0 Å². The third-order valence-electron chi connectivity index (χ3n) is 21.0. The Morgan fingerprint density at radius 3 is 1.92 bits per heavy atom. The van der Waals surface area contributed by atoms with Crippen LogP contribution in [-0.4, -0.2) is 259 Å². The Hall–Kier alpha value is -9.09. The zero-order valence-corrected chi connectivity index (χ0v) is 66.3. The molecule has 5 heterocycles. The van der Waals surface area contributed by atoms with Crippen molar-refractivity contribution in [2.45, 2.75) is 167 Å². The molecule has 0 spiro atoms. The van der Waals surface area contributed by atoms with Gasteiger partial charge in [0.1, 0.15) is 48.8 Å². The molecular formula is C83H109N7O24. The van der Waals surface area contributed by atoms with E-state index in [4.69, 9.17) is 81.5 Å². The molecule has 1 aromatic heterocycles. The predicted octanol–water partition coefficient (Wildman–Crippen LogP) is 8.79. The van der Waals surface area contributed by atoms with Crippen LogP contribution in [0.25, 0.3) is 6.08 Å². The Bertz CT molecular complexity index is 4290. The van der Waals surface area contributed by atoms with Crippen molar-refractivity contribution in [3.05, 3.63) is 114 Å². The zero-order valence-electron chi connectivity index (χ0n) is 66.3. The van der Waals surface area contributed by atoms with Crippen LogP contribution in [0.1, 0.15) is 170 Å². The van der Waals surface area contributed by atoms with E-state index < -0.39 is 108 Å². The van der Waals surface area contributed by atoms with Gasteiger partial charge >= 0.3 is 12.2 Å². The van der Waals surface area contributed by atoms with Crippen molar-refractivity contribution in [2.75, 3.05) is 134 Å². The summed E-state index contributed by atoms with van der Waals surface area (Å²) in [6.45, 7) is 13.6. The van der Waals surface area contributed by atoms with Gasteiger partial charge < -0.3 is 108 Å². The van der Waals surface area contributed by atoms with Crippen molar-refractivity contribution >= 4 is 70.8 Å². The number of amides is 2. The van der Waals surface area contributed by atoms with Crippen LogP contribution in [0.15, 0.2) is 78.3 Å². The number of methoxy groups -OCH3 is 3. The van der Waals surface area contributed by atoms with Gasteiger partial charge in [0.05, 0.1) is 168 Å². The summed E-state index contributed by atoms with van der Waals surface area (Å²) in [4.78, 5) is 92.3. The quantitative estimate of drug-likeness (QED) is 0.0130. The second-order valence-corrected chi connectivity index (χ2v) is 28.4. The Balaban J connectivity index is 0.747. The number of ketones is 3. The molecule has 6 bridgehead atoms. The molecule has 10 rings (SSSR count). The van der Waals surface area contributed by atoms with Gasteiger partial charge in [0.25, 0.3) is 0 Å². The number of hydrogen-bond donors (Lipinski definition) is 9. The van der Waals surface area contributed by atoms with Crippen molar-refractivity contribution in [3.8, 4) is 28.7 Å². The highest BCUT2D eigenvalue weighted by Gasteiger charge is 2.51. The van der Waals surface area contributed by atoms with E-state index in [0.717, 1.165) is 57.9 Å². The Kier molecular flexibility index (Phi) is 32.5. The number of phenols is 2. The van der Waals surface area contributed by atoms with Crippen molar-refractivity contribution < 1.29 is 116 Å². The van der Waals surface area contributed by atoms with Gasteiger partial charge in [-0.05, 0) is 131 Å². The SMILES string of the molecule is CCc1c2[nH]c(c1CC)CC1N=C(C=Nc3cc(OCCOCCOCCOC)c(OCCOCCOCCOC)cc3N=CC3=NC(=C2)C(CCCNC(=O)OCCCCCCOC(=O)N[C@H]2C[C@@H](OC4C[C@](O)(C(=O)CO)Cc5c(O)c6c(c(O)c54)C(=O)c4c(OC)cccc4C6=O)O[C@@H](C)[C@H]2O)=C3C)C(C)=C1CCCO. The molecule has 4 aliphatic heterocycles. The third kappa shape index (κ3) is 21.5. The molecule has 0 radical (unpaired) electrons. The molecule has 31 nitrogen and oxygen atoms in total. The number of hydrogen-bond acceptors (Lipinski definition) is 28. The lowest BCUT2D eigenvalue weighted by Crippen LogP contribution is -2.56. The van der Waals surface area contributed by atoms with Crippen molar-refractivity contribution in [1.29, 1.82) is 0 Å². The molecule has 2 aliphatic carbocycles. The topological polar surface area (TPSA) is 416 Å². The fraction of sp³-hybridized carbons (Fsp3) is 0.554. The number of aliphatic imine (C=N–C) groups is 4. The number of unbranched alkanes of at least 4 members (excludes halogenated alkanes) is 3. The van der Waals surface area contributed by atoms with E-state index in [0.29, 0.717) is 146 Å². The van der Waals surface area contributed by atoms with Crippen LogP contribution in [0.3, 0.4) is 0 Å². The van der Waals surface area contributed by atoms with Gasteiger partial charge in [-0.3, -0.25) is 29.4 Å². The van der Waals surface area contributed by atoms with E-state index in [1.165, 1.54) is 43.4 Å². The first kappa shape index (κ1) is 87.3. The number of aliphatic hydroxyl groups is 4. The van der Waals surface area contributed by atoms with E-state index in [1.807, 2.05) is 6.92 Å². The van der Waals surface area contributed by atoms with Gasteiger partial charge in [0, 0.05) is 93.3 Å². The van der Waals surface area contributed by atoms with Gasteiger partial charge in [-0.15, -0.1) is 0 Å². The first-order chi connectivity index (χ1) is 55.2. The monoisotopic (exact) mass is 1590 g/mol. The van der Waals surface area contributed by atoms with Crippen molar-refractivity contribution in [3.63, 3.8) is 0 Å². The lowest BCUT2D eigenvalue weighted by Gasteiger charge is -2.42. The number of H-pyrrole nitrogens is 1. The molecule has 2 unspecified atom stereocenters. The van der Waals surface area contributed by atoms with Crippen LogP contribution >= 0.6 is 0 Å². The molecule has 31 heteroatoms. The highest BCUT2D eigenvalue weighted by Crippen LogP contribution is 2.53. The number of phenolic OH excluding ortho intramolecular Hbond substituents is 2. The number of aromatic nitrogens is 1. The minimum absolute atomic E-state index is 0.00881. The number of carbonyl (C=O) groups excluding carboxylic acids is 5. The Labute approximate surface area is 663 Å². The molecule has 1 fully saturated rings. The standard InChI is InChI=1S/C83H109N7O24/c1-9-51-52(10-2)58-39-60-54(20-17-23-91)49(4)65(89-60)46-86-62-41-68(110-37-35-108-33-31-106-29-27-103-7)67(109-36-34-107-32-30-105-28-26-102-6)40-61(62)85-45-64-48(3)53(59(88-64)38-57(51)87-58)19-16-22-84-81(99)111-24-13-11-12-14-25-112-82(100)90-63-42-71(113-50(5)76(63)94)114-69-44-83(101,70(93)47-92)43-56-73(69)80(98)75-74(78(56)96)77(95)55-18-15-21-66(104-8)72(55)79(75)97/h15,18,21,38,40-41,45-46,50,60,63,69,71,76,87,91-92,94,96,98,101H,9-14,16-17,19-20,22-37,39,42-44,47H2,1-8H3,(H,84,99)(H,90,100)/t50-,60?,63-,69?,71+,76+,83-/m0/s1. The first-order valence-electron chi connectivity index (χ1n) is 39.2. The van der Waals surface area contributed by atoms with Crippen LogP contribution in [0.5, 0.6) is 28.7 Å².